The maximum Gasteiger partial charge on any atom is 0.225 e. The maximum atomic E-state index is 12.1. The summed E-state index contributed by atoms with van der Waals surface area (Å²) in [5.41, 5.74) is 3.40. The number of hydrogen-bond acceptors (Lipinski definition) is 3. The van der Waals surface area contributed by atoms with E-state index in [1.807, 2.05) is 18.2 Å². The number of para-hydroxylation sites is 1. The van der Waals surface area contributed by atoms with Crippen LogP contribution in [0.4, 0.5) is 5.69 Å². The van der Waals surface area contributed by atoms with Crippen molar-refractivity contribution in [3.05, 3.63) is 65.7 Å². The molecule has 0 aliphatic carbocycles. The third-order valence-electron chi connectivity index (χ3n) is 5.80. The molecule has 0 saturated carbocycles. The van der Waals surface area contributed by atoms with E-state index in [0.29, 0.717) is 19.0 Å². The van der Waals surface area contributed by atoms with Gasteiger partial charge in [0.25, 0.3) is 0 Å². The zero-order valence-electron chi connectivity index (χ0n) is 19.3. The predicted octanol–water partition coefficient (Wildman–Crippen LogP) is 4.20. The molecule has 2 atom stereocenters. The molecule has 1 amide bonds. The highest BCUT2D eigenvalue weighted by atomic mass is 127. The summed E-state index contributed by atoms with van der Waals surface area (Å²) in [6.07, 6.45) is 1.49. The molecule has 1 aliphatic heterocycles. The van der Waals surface area contributed by atoms with Gasteiger partial charge < -0.3 is 16.0 Å². The number of halogens is 1. The maximum absolute atomic E-state index is 12.1. The van der Waals surface area contributed by atoms with Gasteiger partial charge in [-0.3, -0.25) is 14.7 Å². The molecule has 0 spiro atoms. The largest absolute Gasteiger partial charge is 0.357 e. The lowest BCUT2D eigenvalue weighted by Gasteiger charge is -2.26. The molecule has 0 fully saturated rings. The van der Waals surface area contributed by atoms with Crippen molar-refractivity contribution in [3.8, 4) is 0 Å². The molecule has 2 aromatic carbocycles. The van der Waals surface area contributed by atoms with Crippen LogP contribution in [-0.2, 0) is 11.3 Å². The van der Waals surface area contributed by atoms with Crippen LogP contribution >= 0.6 is 24.0 Å². The number of hydrogen-bond donors (Lipinski definition) is 3. The zero-order chi connectivity index (χ0) is 22.1. The van der Waals surface area contributed by atoms with E-state index in [-0.39, 0.29) is 35.8 Å². The van der Waals surface area contributed by atoms with Gasteiger partial charge >= 0.3 is 0 Å². The second-order valence-electron chi connectivity index (χ2n) is 8.22. The Balaban J connectivity index is 0.00000363. The Morgan fingerprint density at radius 3 is 2.62 bits per heavy atom. The van der Waals surface area contributed by atoms with Gasteiger partial charge in [0.1, 0.15) is 0 Å². The lowest BCUT2D eigenvalue weighted by atomic mass is 9.91. The van der Waals surface area contributed by atoms with Crippen LogP contribution in [0.3, 0.4) is 0 Å². The molecule has 0 bridgehead atoms. The van der Waals surface area contributed by atoms with Crippen molar-refractivity contribution < 1.29 is 4.79 Å². The molecule has 3 N–H and O–H groups in total. The third kappa shape index (κ3) is 7.78. The summed E-state index contributed by atoms with van der Waals surface area (Å²) in [5.74, 6) is 0.979. The molecular formula is C25H36IN5O. The number of anilines is 1. The fraction of sp³-hybridized carbons (Fsp3) is 0.440. The first kappa shape index (κ1) is 26.1. The molecule has 1 heterocycles. The second-order valence-corrected chi connectivity index (χ2v) is 8.22. The van der Waals surface area contributed by atoms with E-state index in [0.717, 1.165) is 43.3 Å². The molecule has 0 saturated heterocycles. The number of amides is 1. The highest BCUT2D eigenvalue weighted by Crippen LogP contribution is 2.31. The molecule has 6 nitrogen and oxygen atoms in total. The van der Waals surface area contributed by atoms with Crippen LogP contribution < -0.4 is 16.0 Å². The molecule has 1 aliphatic rings. The van der Waals surface area contributed by atoms with Gasteiger partial charge in [0, 0.05) is 43.7 Å². The van der Waals surface area contributed by atoms with E-state index in [2.05, 4.69) is 78.1 Å². The van der Waals surface area contributed by atoms with Crippen LogP contribution in [0.2, 0.25) is 0 Å². The van der Waals surface area contributed by atoms with Gasteiger partial charge in [0.05, 0.1) is 6.54 Å². The van der Waals surface area contributed by atoms with Gasteiger partial charge in [-0.1, -0.05) is 48.5 Å². The molecule has 174 valence electrons. The minimum Gasteiger partial charge on any atom is -0.357 e. The highest BCUT2D eigenvalue weighted by molar-refractivity contribution is 14.0. The summed E-state index contributed by atoms with van der Waals surface area (Å²) in [4.78, 5) is 19.2. The lowest BCUT2D eigenvalue weighted by Crippen LogP contribution is -2.40. The minimum absolute atomic E-state index is 0. The van der Waals surface area contributed by atoms with Gasteiger partial charge in [-0.15, -0.1) is 24.0 Å². The summed E-state index contributed by atoms with van der Waals surface area (Å²) in [7, 11) is 2.17. The first-order chi connectivity index (χ1) is 15.1. The number of nitrogens with one attached hydrogen (secondary N) is 3. The SMILES string of the molecule is CCNC(=NCC1CC(=O)Nc2ccccc21)NCCC(C)N(C)Cc1ccccc1.I. The topological polar surface area (TPSA) is 68.8 Å². The number of carbonyl (C=O) groups is 1. The second kappa shape index (κ2) is 13.4. The van der Waals surface area contributed by atoms with Crippen LogP contribution in [0, 0.1) is 0 Å². The highest BCUT2D eigenvalue weighted by Gasteiger charge is 2.24. The molecule has 0 aromatic heterocycles. The summed E-state index contributed by atoms with van der Waals surface area (Å²) in [5, 5.41) is 9.74. The summed E-state index contributed by atoms with van der Waals surface area (Å²) < 4.78 is 0. The van der Waals surface area contributed by atoms with Gasteiger partial charge in [0.2, 0.25) is 5.91 Å². The minimum atomic E-state index is 0. The summed E-state index contributed by atoms with van der Waals surface area (Å²) in [6.45, 7) is 7.50. The smallest absolute Gasteiger partial charge is 0.225 e. The van der Waals surface area contributed by atoms with E-state index in [4.69, 9.17) is 4.99 Å². The van der Waals surface area contributed by atoms with Crippen molar-refractivity contribution in [3.63, 3.8) is 0 Å². The van der Waals surface area contributed by atoms with E-state index in [1.165, 1.54) is 5.56 Å². The molecule has 32 heavy (non-hydrogen) atoms. The van der Waals surface area contributed by atoms with Crippen LogP contribution in [0.15, 0.2) is 59.6 Å². The van der Waals surface area contributed by atoms with Crippen LogP contribution in [-0.4, -0.2) is 49.5 Å². The number of aliphatic imine (C=N–C) groups is 1. The van der Waals surface area contributed by atoms with E-state index in [1.54, 1.807) is 0 Å². The first-order valence-corrected chi connectivity index (χ1v) is 11.2. The molecule has 3 rings (SSSR count). The Morgan fingerprint density at radius 2 is 1.88 bits per heavy atom. The Bertz CT molecular complexity index is 874. The molecule has 0 radical (unpaired) electrons. The van der Waals surface area contributed by atoms with Crippen molar-refractivity contribution in [1.29, 1.82) is 0 Å². The number of rotatable bonds is 9. The van der Waals surface area contributed by atoms with Gasteiger partial charge in [-0.2, -0.15) is 0 Å². The van der Waals surface area contributed by atoms with Gasteiger partial charge in [0.15, 0.2) is 5.96 Å². The quantitative estimate of drug-likeness (QED) is 0.249. The van der Waals surface area contributed by atoms with E-state index >= 15 is 0 Å². The van der Waals surface area contributed by atoms with Gasteiger partial charge in [-0.05, 0) is 44.5 Å². The van der Waals surface area contributed by atoms with Crippen molar-refractivity contribution in [2.24, 2.45) is 4.99 Å². The molecule has 7 heteroatoms. The Morgan fingerprint density at radius 1 is 1.16 bits per heavy atom. The number of benzene rings is 2. The first-order valence-electron chi connectivity index (χ1n) is 11.2. The van der Waals surface area contributed by atoms with Crippen LogP contribution in [0.25, 0.3) is 0 Å². The Hall–Kier alpha value is -2.13. The average molecular weight is 550 g/mol. The summed E-state index contributed by atoms with van der Waals surface area (Å²) in [6, 6.07) is 19.0. The van der Waals surface area contributed by atoms with Crippen molar-refractivity contribution in [2.75, 3.05) is 32.0 Å². The normalized spacial score (nSPS) is 16.6. The molecule has 2 unspecified atom stereocenters. The molecule has 2 aromatic rings. The van der Waals surface area contributed by atoms with Crippen molar-refractivity contribution in [1.82, 2.24) is 15.5 Å². The van der Waals surface area contributed by atoms with Crippen LogP contribution in [0.5, 0.6) is 0 Å². The standard InChI is InChI=1S/C25H35N5O.HI/c1-4-26-25(27-15-14-19(2)30(3)18-20-10-6-5-7-11-20)28-17-21-16-24(31)29-23-13-9-8-12-22(21)23;/h5-13,19,21H,4,14-18H2,1-3H3,(H,29,31)(H2,26,27,28);1H. The molecular weight excluding hydrogens is 513 g/mol. The van der Waals surface area contributed by atoms with E-state index in [9.17, 15) is 4.79 Å². The Kier molecular flexibility index (Phi) is 11.0. The summed E-state index contributed by atoms with van der Waals surface area (Å²) >= 11 is 0. The fourth-order valence-electron chi connectivity index (χ4n) is 3.86. The van der Waals surface area contributed by atoms with Crippen molar-refractivity contribution >= 4 is 41.5 Å². The zero-order valence-corrected chi connectivity index (χ0v) is 21.6. The van der Waals surface area contributed by atoms with Crippen molar-refractivity contribution in [2.45, 2.75) is 45.2 Å². The lowest BCUT2D eigenvalue weighted by molar-refractivity contribution is -0.116. The number of carbonyl (C=O) groups excluding carboxylic acids is 1. The number of guanidine groups is 1. The van der Waals surface area contributed by atoms with E-state index < -0.39 is 0 Å². The number of nitrogens with zero attached hydrogens (tertiary/aromatic N) is 2. The predicted molar refractivity (Wildman–Crippen MR) is 144 cm³/mol. The average Bonchev–Trinajstić information content (AvgIpc) is 2.77. The van der Waals surface area contributed by atoms with Crippen LogP contribution in [0.1, 0.15) is 43.7 Å². The Labute approximate surface area is 209 Å². The monoisotopic (exact) mass is 549 g/mol. The van der Waals surface area contributed by atoms with Gasteiger partial charge in [-0.25, -0.2) is 0 Å². The fourth-order valence-corrected chi connectivity index (χ4v) is 3.86. The third-order valence-corrected chi connectivity index (χ3v) is 5.80. The number of fused-ring (bicyclic) bond motifs is 1.